The average molecular weight is 553 g/mol. The summed E-state index contributed by atoms with van der Waals surface area (Å²) in [7, 11) is 1.40. The molecular weight excluding hydrogens is 516 g/mol. The Labute approximate surface area is 239 Å². The van der Waals surface area contributed by atoms with Gasteiger partial charge in [0.1, 0.15) is 5.82 Å². The summed E-state index contributed by atoms with van der Waals surface area (Å²) in [6.07, 6.45) is 0.856. The van der Waals surface area contributed by atoms with E-state index in [1.807, 2.05) is 0 Å². The summed E-state index contributed by atoms with van der Waals surface area (Å²) in [6.45, 7) is 5.43. The fraction of sp³-hybridized carbons (Fsp3) is 0.281. The van der Waals surface area contributed by atoms with Crippen molar-refractivity contribution < 1.29 is 4.79 Å². The van der Waals surface area contributed by atoms with Crippen LogP contribution in [0, 0.1) is 0 Å². The molecule has 0 saturated carbocycles. The number of carbonyl (C=O) groups is 1. The van der Waals surface area contributed by atoms with Gasteiger partial charge in [0.2, 0.25) is 0 Å². The molecule has 1 aliphatic rings. The number of nitrogens with two attached hydrogens (primary N) is 1. The lowest BCUT2D eigenvalue weighted by Gasteiger charge is -2.39. The van der Waals surface area contributed by atoms with Gasteiger partial charge in [0.05, 0.1) is 11.7 Å². The maximum atomic E-state index is 12.7. The summed E-state index contributed by atoms with van der Waals surface area (Å²) in [4.78, 5) is 42.0. The number of carbonyl (C=O) groups excluding carboxylic acids is 1. The molecule has 1 fully saturated rings. The van der Waals surface area contributed by atoms with Crippen molar-refractivity contribution in [2.45, 2.75) is 12.5 Å². The molecule has 1 saturated heterocycles. The van der Waals surface area contributed by atoms with Gasteiger partial charge in [0, 0.05) is 51.4 Å². The molecule has 0 aliphatic carbocycles. The SMILES string of the molecule is Cn1c(=O)cc(N)n(-c2ccc(C(=O)NCCCN3CCN(C(c4ccccc4)c4ccccc4)CC3)cc2)c1=O. The minimum atomic E-state index is -0.538. The van der Waals surface area contributed by atoms with Crippen molar-refractivity contribution in [3.63, 3.8) is 0 Å². The normalized spacial score (nSPS) is 14.3. The Balaban J connectivity index is 1.10. The van der Waals surface area contributed by atoms with Crippen LogP contribution in [0.15, 0.2) is 101 Å². The Morgan fingerprint density at radius 2 is 1.44 bits per heavy atom. The molecule has 0 spiro atoms. The fourth-order valence-electron chi connectivity index (χ4n) is 5.40. The van der Waals surface area contributed by atoms with E-state index in [2.05, 4.69) is 75.8 Å². The summed E-state index contributed by atoms with van der Waals surface area (Å²) in [5, 5.41) is 2.99. The minimum absolute atomic E-state index is 0.0480. The lowest BCUT2D eigenvalue weighted by Crippen LogP contribution is -2.48. The fourth-order valence-corrected chi connectivity index (χ4v) is 5.40. The van der Waals surface area contributed by atoms with Crippen molar-refractivity contribution in [2.75, 3.05) is 45.0 Å². The van der Waals surface area contributed by atoms with Crippen LogP contribution in [-0.2, 0) is 7.05 Å². The molecule has 0 unspecified atom stereocenters. The zero-order valence-electron chi connectivity index (χ0n) is 23.3. The average Bonchev–Trinajstić information content (AvgIpc) is 3.00. The number of nitrogen functional groups attached to an aromatic ring is 1. The van der Waals surface area contributed by atoms with Gasteiger partial charge in [0.25, 0.3) is 11.5 Å². The third-order valence-corrected chi connectivity index (χ3v) is 7.67. The lowest BCUT2D eigenvalue weighted by atomic mass is 9.96. The molecule has 4 aromatic rings. The van der Waals surface area contributed by atoms with Gasteiger partial charge in [-0.25, -0.2) is 9.36 Å². The van der Waals surface area contributed by atoms with E-state index >= 15 is 0 Å². The van der Waals surface area contributed by atoms with E-state index < -0.39 is 11.2 Å². The Kier molecular flexibility index (Phi) is 8.76. The number of hydrogen-bond acceptors (Lipinski definition) is 6. The predicted octanol–water partition coefficient (Wildman–Crippen LogP) is 2.65. The summed E-state index contributed by atoms with van der Waals surface area (Å²) in [5.74, 6) is -0.123. The van der Waals surface area contributed by atoms with E-state index in [4.69, 9.17) is 5.73 Å². The van der Waals surface area contributed by atoms with Gasteiger partial charge in [-0.1, -0.05) is 60.7 Å². The molecule has 9 heteroatoms. The highest BCUT2D eigenvalue weighted by Crippen LogP contribution is 2.29. The Hall–Kier alpha value is -4.47. The third kappa shape index (κ3) is 6.48. The van der Waals surface area contributed by atoms with E-state index in [-0.39, 0.29) is 17.8 Å². The Morgan fingerprint density at radius 1 is 0.854 bits per heavy atom. The first-order chi connectivity index (χ1) is 19.9. The van der Waals surface area contributed by atoms with Crippen LogP contribution < -0.4 is 22.3 Å². The first-order valence-electron chi connectivity index (χ1n) is 14.0. The van der Waals surface area contributed by atoms with Gasteiger partial charge in [-0.15, -0.1) is 0 Å². The van der Waals surface area contributed by atoms with E-state index in [1.54, 1.807) is 24.3 Å². The monoisotopic (exact) mass is 552 g/mol. The standard InChI is InChI=1S/C32H36N6O3/c1-35-29(39)23-28(33)38(32(35)41)27-15-13-26(14-16-27)31(40)34-17-8-18-36-19-21-37(22-20-36)30(24-9-4-2-5-10-24)25-11-6-3-7-12-25/h2-7,9-16,23,30H,8,17-22,33H2,1H3,(H,34,40). The van der Waals surface area contributed by atoms with Crippen molar-refractivity contribution in [1.29, 1.82) is 0 Å². The van der Waals surface area contributed by atoms with Crippen LogP contribution >= 0.6 is 0 Å². The second kappa shape index (κ2) is 12.8. The first-order valence-corrected chi connectivity index (χ1v) is 14.0. The number of amides is 1. The number of aromatic nitrogens is 2. The maximum Gasteiger partial charge on any atom is 0.336 e. The summed E-state index contributed by atoms with van der Waals surface area (Å²) >= 11 is 0. The molecule has 0 radical (unpaired) electrons. The Bertz CT molecular complexity index is 1530. The van der Waals surface area contributed by atoms with Crippen LogP contribution in [0.4, 0.5) is 5.82 Å². The van der Waals surface area contributed by atoms with Crippen molar-refractivity contribution in [2.24, 2.45) is 7.05 Å². The number of piperazine rings is 1. The van der Waals surface area contributed by atoms with Gasteiger partial charge in [-0.2, -0.15) is 0 Å². The molecule has 41 heavy (non-hydrogen) atoms. The molecule has 2 heterocycles. The topological polar surface area (TPSA) is 106 Å². The molecule has 3 N–H and O–H groups in total. The molecule has 5 rings (SSSR count). The van der Waals surface area contributed by atoms with E-state index in [9.17, 15) is 14.4 Å². The van der Waals surface area contributed by atoms with Gasteiger partial charge in [0.15, 0.2) is 0 Å². The lowest BCUT2D eigenvalue weighted by molar-refractivity contribution is 0.0941. The molecule has 1 aliphatic heterocycles. The minimum Gasteiger partial charge on any atom is -0.385 e. The zero-order valence-corrected chi connectivity index (χ0v) is 23.3. The molecular formula is C32H36N6O3. The quantitative estimate of drug-likeness (QED) is 0.310. The van der Waals surface area contributed by atoms with Gasteiger partial charge in [-0.05, 0) is 48.4 Å². The smallest absolute Gasteiger partial charge is 0.336 e. The first kappa shape index (κ1) is 28.1. The molecule has 1 aromatic heterocycles. The molecule has 0 bridgehead atoms. The highest BCUT2D eigenvalue weighted by atomic mass is 16.2. The van der Waals surface area contributed by atoms with Crippen LogP contribution in [0.3, 0.4) is 0 Å². The molecule has 9 nitrogen and oxygen atoms in total. The number of benzene rings is 3. The van der Waals surface area contributed by atoms with Crippen molar-refractivity contribution in [1.82, 2.24) is 24.3 Å². The van der Waals surface area contributed by atoms with Crippen LogP contribution in [0.5, 0.6) is 0 Å². The van der Waals surface area contributed by atoms with Crippen molar-refractivity contribution in [3.05, 3.63) is 129 Å². The summed E-state index contributed by atoms with van der Waals surface area (Å²) in [5.41, 5.74) is 8.50. The molecule has 212 valence electrons. The second-order valence-corrected chi connectivity index (χ2v) is 10.3. The van der Waals surface area contributed by atoms with Crippen molar-refractivity contribution in [3.8, 4) is 5.69 Å². The van der Waals surface area contributed by atoms with E-state index in [0.717, 1.165) is 43.7 Å². The van der Waals surface area contributed by atoms with E-state index in [1.165, 1.54) is 28.8 Å². The zero-order chi connectivity index (χ0) is 28.8. The van der Waals surface area contributed by atoms with Crippen LogP contribution in [0.1, 0.15) is 33.9 Å². The summed E-state index contributed by atoms with van der Waals surface area (Å²) < 4.78 is 2.23. The predicted molar refractivity (Wildman–Crippen MR) is 161 cm³/mol. The number of anilines is 1. The number of hydrogen-bond donors (Lipinski definition) is 2. The van der Waals surface area contributed by atoms with Crippen LogP contribution in [0.2, 0.25) is 0 Å². The van der Waals surface area contributed by atoms with Crippen LogP contribution in [0.25, 0.3) is 5.69 Å². The summed E-state index contributed by atoms with van der Waals surface area (Å²) in [6, 6.07) is 29.4. The highest BCUT2D eigenvalue weighted by molar-refractivity contribution is 5.94. The van der Waals surface area contributed by atoms with Crippen LogP contribution in [-0.4, -0.2) is 64.1 Å². The highest BCUT2D eigenvalue weighted by Gasteiger charge is 2.26. The molecule has 0 atom stereocenters. The Morgan fingerprint density at radius 3 is 2.02 bits per heavy atom. The maximum absolute atomic E-state index is 12.7. The van der Waals surface area contributed by atoms with E-state index in [0.29, 0.717) is 17.8 Å². The molecule has 1 amide bonds. The largest absolute Gasteiger partial charge is 0.385 e. The number of rotatable bonds is 9. The molecule has 3 aromatic carbocycles. The number of nitrogens with zero attached hydrogens (tertiary/aromatic N) is 4. The van der Waals surface area contributed by atoms with Gasteiger partial charge in [-0.3, -0.25) is 19.1 Å². The second-order valence-electron chi connectivity index (χ2n) is 10.3. The van der Waals surface area contributed by atoms with Crippen molar-refractivity contribution >= 4 is 11.7 Å². The third-order valence-electron chi connectivity index (χ3n) is 7.67. The van der Waals surface area contributed by atoms with Gasteiger partial charge < -0.3 is 16.0 Å². The van der Waals surface area contributed by atoms with Gasteiger partial charge >= 0.3 is 5.69 Å². The number of nitrogens with one attached hydrogen (secondary N) is 1.